The molecule has 1 heterocycles. The van der Waals surface area contributed by atoms with E-state index < -0.39 is 11.7 Å². The van der Waals surface area contributed by atoms with E-state index in [1.54, 1.807) is 25.2 Å². The molecule has 0 aliphatic carbocycles. The molecule has 0 N–H and O–H groups in total. The summed E-state index contributed by atoms with van der Waals surface area (Å²) in [7, 11) is 1.60. The van der Waals surface area contributed by atoms with E-state index in [0.717, 1.165) is 4.47 Å². The summed E-state index contributed by atoms with van der Waals surface area (Å²) in [6.45, 7) is 4.00. The number of carbonyl (C=O) groups excluding carboxylic acids is 2. The van der Waals surface area contributed by atoms with Crippen molar-refractivity contribution in [2.75, 3.05) is 11.9 Å². The highest BCUT2D eigenvalue weighted by molar-refractivity contribution is 9.10. The Kier molecular flexibility index (Phi) is 3.63. The fourth-order valence-corrected chi connectivity index (χ4v) is 1.70. The van der Waals surface area contributed by atoms with Crippen molar-refractivity contribution in [2.24, 2.45) is 0 Å². The predicted molar refractivity (Wildman–Crippen MR) is 63.2 cm³/mol. The molecular weight excluding hydrogens is 258 g/mol. The minimum Gasteiger partial charge on any atom is -0.308 e. The summed E-state index contributed by atoms with van der Waals surface area (Å²) in [6, 6.07) is 5.17. The van der Waals surface area contributed by atoms with Gasteiger partial charge in [0.25, 0.3) is 11.7 Å². The van der Waals surface area contributed by atoms with Gasteiger partial charge in [0, 0.05) is 11.5 Å². The minimum absolute atomic E-state index is 0.426. The van der Waals surface area contributed by atoms with Crippen LogP contribution in [0.4, 0.5) is 5.69 Å². The number of Topliss-reactive ketones (excluding diaryl/α,β-unsaturated/α-hetero) is 1. The summed E-state index contributed by atoms with van der Waals surface area (Å²) in [5.41, 5.74) is 1.15. The molecule has 0 fully saturated rings. The SMILES string of the molecule is CC.CN1C(=O)C(=O)c2ccc(Br)cc21. The number of anilines is 1. The average Bonchev–Trinajstić information content (AvgIpc) is 2.47. The van der Waals surface area contributed by atoms with Crippen LogP contribution in [0.5, 0.6) is 0 Å². The van der Waals surface area contributed by atoms with Crippen molar-refractivity contribution in [1.29, 1.82) is 0 Å². The summed E-state index contributed by atoms with van der Waals surface area (Å²) in [5.74, 6) is -0.891. The van der Waals surface area contributed by atoms with Gasteiger partial charge in [-0.1, -0.05) is 29.8 Å². The van der Waals surface area contributed by atoms with E-state index in [1.165, 1.54) is 4.90 Å². The fraction of sp³-hybridized carbons (Fsp3) is 0.273. The van der Waals surface area contributed by atoms with Crippen LogP contribution in [0.1, 0.15) is 24.2 Å². The molecule has 15 heavy (non-hydrogen) atoms. The number of hydrogen-bond acceptors (Lipinski definition) is 2. The van der Waals surface area contributed by atoms with E-state index >= 15 is 0 Å². The second-order valence-electron chi connectivity index (χ2n) is 2.85. The highest BCUT2D eigenvalue weighted by Gasteiger charge is 2.32. The van der Waals surface area contributed by atoms with Crippen LogP contribution in [0, 0.1) is 0 Å². The van der Waals surface area contributed by atoms with Gasteiger partial charge in [-0.05, 0) is 18.2 Å². The lowest BCUT2D eigenvalue weighted by Crippen LogP contribution is -2.24. The third kappa shape index (κ3) is 1.95. The topological polar surface area (TPSA) is 37.4 Å². The Morgan fingerprint density at radius 3 is 2.40 bits per heavy atom. The number of carbonyl (C=O) groups is 2. The van der Waals surface area contributed by atoms with E-state index in [-0.39, 0.29) is 0 Å². The van der Waals surface area contributed by atoms with Crippen LogP contribution in [0.2, 0.25) is 0 Å². The van der Waals surface area contributed by atoms with Gasteiger partial charge in [-0.3, -0.25) is 9.59 Å². The molecule has 1 aromatic carbocycles. The molecule has 0 spiro atoms. The van der Waals surface area contributed by atoms with Gasteiger partial charge in [0.2, 0.25) is 0 Å². The number of fused-ring (bicyclic) bond motifs is 1. The summed E-state index contributed by atoms with van der Waals surface area (Å²) in [4.78, 5) is 23.9. The van der Waals surface area contributed by atoms with Crippen LogP contribution in [-0.4, -0.2) is 18.7 Å². The first kappa shape index (κ1) is 11.9. The molecule has 1 aromatic rings. The van der Waals surface area contributed by atoms with E-state index in [1.807, 2.05) is 13.8 Å². The molecule has 80 valence electrons. The first-order valence-electron chi connectivity index (χ1n) is 4.73. The van der Waals surface area contributed by atoms with E-state index in [9.17, 15) is 9.59 Å². The first-order valence-corrected chi connectivity index (χ1v) is 5.52. The summed E-state index contributed by atoms with van der Waals surface area (Å²) >= 11 is 3.28. The third-order valence-electron chi connectivity index (χ3n) is 2.06. The van der Waals surface area contributed by atoms with Crippen molar-refractivity contribution in [2.45, 2.75) is 13.8 Å². The van der Waals surface area contributed by atoms with Crippen molar-refractivity contribution in [3.8, 4) is 0 Å². The molecule has 0 unspecified atom stereocenters. The maximum absolute atomic E-state index is 11.3. The zero-order valence-electron chi connectivity index (χ0n) is 8.87. The summed E-state index contributed by atoms with van der Waals surface area (Å²) < 4.78 is 0.862. The second-order valence-corrected chi connectivity index (χ2v) is 3.77. The van der Waals surface area contributed by atoms with Gasteiger partial charge in [-0.15, -0.1) is 0 Å². The van der Waals surface area contributed by atoms with Crippen LogP contribution in [0.25, 0.3) is 0 Å². The molecule has 3 nitrogen and oxygen atoms in total. The van der Waals surface area contributed by atoms with Gasteiger partial charge in [0.05, 0.1) is 11.3 Å². The van der Waals surface area contributed by atoms with Crippen LogP contribution in [0.3, 0.4) is 0 Å². The lowest BCUT2D eigenvalue weighted by molar-refractivity contribution is -0.114. The van der Waals surface area contributed by atoms with Crippen LogP contribution in [-0.2, 0) is 4.79 Å². The van der Waals surface area contributed by atoms with Gasteiger partial charge in [0.15, 0.2) is 0 Å². The summed E-state index contributed by atoms with van der Waals surface area (Å²) in [5, 5.41) is 0. The van der Waals surface area contributed by atoms with Crippen molar-refractivity contribution in [3.05, 3.63) is 28.2 Å². The molecule has 0 saturated carbocycles. The Balaban J connectivity index is 0.000000531. The van der Waals surface area contributed by atoms with Gasteiger partial charge in [-0.2, -0.15) is 0 Å². The first-order chi connectivity index (χ1) is 7.11. The summed E-state index contributed by atoms with van der Waals surface area (Å²) in [6.07, 6.45) is 0. The molecule has 0 atom stereocenters. The van der Waals surface area contributed by atoms with Crippen molar-refractivity contribution < 1.29 is 9.59 Å². The lowest BCUT2D eigenvalue weighted by Gasteiger charge is -2.07. The van der Waals surface area contributed by atoms with Crippen LogP contribution in [0.15, 0.2) is 22.7 Å². The van der Waals surface area contributed by atoms with Crippen molar-refractivity contribution >= 4 is 33.3 Å². The number of rotatable bonds is 0. The highest BCUT2D eigenvalue weighted by atomic mass is 79.9. The molecule has 0 radical (unpaired) electrons. The standard InChI is InChI=1S/C9H6BrNO2.C2H6/c1-11-7-4-5(10)2-3-6(7)8(12)9(11)13;1-2/h2-4H,1H3;1-2H3. The third-order valence-corrected chi connectivity index (χ3v) is 2.56. The van der Waals surface area contributed by atoms with Crippen LogP contribution < -0.4 is 4.90 Å². The molecule has 4 heteroatoms. The molecule has 1 aliphatic heterocycles. The van der Waals surface area contributed by atoms with E-state index in [2.05, 4.69) is 15.9 Å². The maximum Gasteiger partial charge on any atom is 0.299 e. The number of likely N-dealkylation sites (N-methyl/N-ethyl adjacent to an activating group) is 1. The second kappa shape index (κ2) is 4.57. The molecular formula is C11H12BrNO2. The fourth-order valence-electron chi connectivity index (χ4n) is 1.35. The lowest BCUT2D eigenvalue weighted by atomic mass is 10.1. The zero-order valence-corrected chi connectivity index (χ0v) is 10.5. The van der Waals surface area contributed by atoms with Gasteiger partial charge in [0.1, 0.15) is 0 Å². The molecule has 2 rings (SSSR count). The highest BCUT2D eigenvalue weighted by Crippen LogP contribution is 2.30. The molecule has 1 amide bonds. The Morgan fingerprint density at radius 2 is 1.80 bits per heavy atom. The number of amides is 1. The molecule has 0 saturated heterocycles. The number of hydrogen-bond donors (Lipinski definition) is 0. The van der Waals surface area contributed by atoms with Gasteiger partial charge in [-0.25, -0.2) is 0 Å². The quantitative estimate of drug-likeness (QED) is 0.679. The Bertz CT molecular complexity index is 415. The van der Waals surface area contributed by atoms with Crippen LogP contribution >= 0.6 is 15.9 Å². The Labute approximate surface area is 97.2 Å². The number of halogens is 1. The molecule has 1 aliphatic rings. The zero-order chi connectivity index (χ0) is 11.6. The number of benzene rings is 1. The monoisotopic (exact) mass is 269 g/mol. The number of nitrogens with zero attached hydrogens (tertiary/aromatic N) is 1. The predicted octanol–water partition coefficient (Wildman–Crippen LogP) is 2.63. The van der Waals surface area contributed by atoms with Crippen molar-refractivity contribution in [1.82, 2.24) is 0 Å². The van der Waals surface area contributed by atoms with Gasteiger partial charge >= 0.3 is 0 Å². The largest absolute Gasteiger partial charge is 0.308 e. The van der Waals surface area contributed by atoms with E-state index in [0.29, 0.717) is 11.3 Å². The van der Waals surface area contributed by atoms with Gasteiger partial charge < -0.3 is 4.90 Å². The maximum atomic E-state index is 11.3. The smallest absolute Gasteiger partial charge is 0.299 e. The molecule has 0 aromatic heterocycles. The van der Waals surface area contributed by atoms with E-state index in [4.69, 9.17) is 0 Å². The minimum atomic E-state index is -0.465. The number of ketones is 1. The molecule has 0 bridgehead atoms. The average molecular weight is 270 g/mol. The normalized spacial score (nSPS) is 13.5. The Hall–Kier alpha value is -1.16. The van der Waals surface area contributed by atoms with Crippen molar-refractivity contribution in [3.63, 3.8) is 0 Å². The Morgan fingerprint density at radius 1 is 1.20 bits per heavy atom.